The Hall–Kier alpha value is -2.41. The molecule has 0 aromatic heterocycles. The normalized spacial score (nSPS) is 12.7. The molecule has 1 unspecified atom stereocenters. The zero-order valence-electron chi connectivity index (χ0n) is 16.2. The predicted octanol–water partition coefficient (Wildman–Crippen LogP) is 4.05. The first-order chi connectivity index (χ1) is 12.5. The van der Waals surface area contributed by atoms with E-state index in [4.69, 9.17) is 0 Å². The van der Waals surface area contributed by atoms with Crippen LogP contribution < -0.4 is 9.62 Å². The van der Waals surface area contributed by atoms with E-state index in [0.717, 1.165) is 33.8 Å². The number of carbonyl (C=O) groups is 1. The summed E-state index contributed by atoms with van der Waals surface area (Å²) < 4.78 is 38.8. The molecule has 0 radical (unpaired) electrons. The second-order valence-electron chi connectivity index (χ2n) is 6.89. The van der Waals surface area contributed by atoms with Crippen molar-refractivity contribution in [3.63, 3.8) is 0 Å². The quantitative estimate of drug-likeness (QED) is 0.806. The van der Waals surface area contributed by atoms with Gasteiger partial charge in [-0.05, 0) is 55.2 Å². The van der Waals surface area contributed by atoms with Gasteiger partial charge in [-0.15, -0.1) is 0 Å². The number of carbonyl (C=O) groups excluding carboxylic acids is 1. The third kappa shape index (κ3) is 4.86. The van der Waals surface area contributed by atoms with Gasteiger partial charge in [0.05, 0.1) is 11.9 Å². The summed E-state index contributed by atoms with van der Waals surface area (Å²) in [6.07, 6.45) is 1.02. The van der Waals surface area contributed by atoms with Crippen LogP contribution in [-0.2, 0) is 14.8 Å². The minimum absolute atomic E-state index is 0.193. The van der Waals surface area contributed by atoms with Gasteiger partial charge in [0, 0.05) is 5.69 Å². The molecule has 2 rings (SSSR count). The molecule has 0 aliphatic carbocycles. The first-order valence-corrected chi connectivity index (χ1v) is 10.5. The Bertz CT molecular complexity index is 925. The van der Waals surface area contributed by atoms with Crippen molar-refractivity contribution < 1.29 is 17.6 Å². The molecule has 0 bridgehead atoms. The standard InChI is InChI=1S/C20H25FN2O3S/c1-13(2)18-8-6-7-14(3)19(18)22-20(24)15(4)23(27(5,25)26)17-11-9-16(21)10-12-17/h6-13,15H,1-5H3,(H,22,24). The van der Waals surface area contributed by atoms with Gasteiger partial charge in [0.15, 0.2) is 0 Å². The zero-order valence-corrected chi connectivity index (χ0v) is 17.0. The Morgan fingerprint density at radius 3 is 2.19 bits per heavy atom. The Balaban J connectivity index is 2.38. The Morgan fingerprint density at radius 1 is 1.07 bits per heavy atom. The molecule has 1 amide bonds. The summed E-state index contributed by atoms with van der Waals surface area (Å²) in [5, 5.41) is 2.87. The molecule has 0 heterocycles. The number of halogens is 1. The molecule has 0 spiro atoms. The lowest BCUT2D eigenvalue weighted by atomic mass is 9.98. The highest BCUT2D eigenvalue weighted by atomic mass is 32.2. The highest BCUT2D eigenvalue weighted by Gasteiger charge is 2.29. The molecule has 0 aliphatic heterocycles. The van der Waals surface area contributed by atoms with Crippen LogP contribution in [0.3, 0.4) is 0 Å². The van der Waals surface area contributed by atoms with Gasteiger partial charge in [0.1, 0.15) is 11.9 Å². The van der Waals surface area contributed by atoms with Crippen LogP contribution in [0.2, 0.25) is 0 Å². The minimum atomic E-state index is -3.75. The summed E-state index contributed by atoms with van der Waals surface area (Å²) in [6.45, 7) is 7.44. The molecule has 2 aromatic rings. The molecule has 7 heteroatoms. The second kappa shape index (κ2) is 8.08. The van der Waals surface area contributed by atoms with Crippen LogP contribution >= 0.6 is 0 Å². The number of amides is 1. The third-order valence-corrected chi connectivity index (χ3v) is 5.59. The number of benzene rings is 2. The van der Waals surface area contributed by atoms with Crippen molar-refractivity contribution in [2.75, 3.05) is 15.9 Å². The van der Waals surface area contributed by atoms with Crippen molar-refractivity contribution in [1.29, 1.82) is 0 Å². The maximum Gasteiger partial charge on any atom is 0.248 e. The second-order valence-corrected chi connectivity index (χ2v) is 8.75. The molecule has 0 fully saturated rings. The number of para-hydroxylation sites is 1. The number of hydrogen-bond acceptors (Lipinski definition) is 3. The largest absolute Gasteiger partial charge is 0.324 e. The number of hydrogen-bond donors (Lipinski definition) is 1. The van der Waals surface area contributed by atoms with E-state index in [1.165, 1.54) is 19.1 Å². The van der Waals surface area contributed by atoms with E-state index < -0.39 is 27.8 Å². The van der Waals surface area contributed by atoms with E-state index in [1.54, 1.807) is 0 Å². The number of nitrogens with one attached hydrogen (secondary N) is 1. The van der Waals surface area contributed by atoms with Crippen LogP contribution in [0.15, 0.2) is 42.5 Å². The summed E-state index contributed by atoms with van der Waals surface area (Å²) in [5.74, 6) is -0.745. The van der Waals surface area contributed by atoms with E-state index in [-0.39, 0.29) is 11.6 Å². The maximum atomic E-state index is 13.2. The highest BCUT2D eigenvalue weighted by Crippen LogP contribution is 2.28. The lowest BCUT2D eigenvalue weighted by Gasteiger charge is -2.29. The molecule has 27 heavy (non-hydrogen) atoms. The monoisotopic (exact) mass is 392 g/mol. The SMILES string of the molecule is Cc1cccc(C(C)C)c1NC(=O)C(C)N(c1ccc(F)cc1)S(C)(=O)=O. The van der Waals surface area contributed by atoms with Crippen molar-refractivity contribution in [3.05, 3.63) is 59.4 Å². The van der Waals surface area contributed by atoms with E-state index in [0.29, 0.717) is 5.69 Å². The molecule has 146 valence electrons. The van der Waals surface area contributed by atoms with Crippen LogP contribution in [-0.4, -0.2) is 26.6 Å². The molecular formula is C20H25FN2O3S. The number of anilines is 2. The van der Waals surface area contributed by atoms with Gasteiger partial charge in [-0.1, -0.05) is 32.0 Å². The predicted molar refractivity (Wildman–Crippen MR) is 107 cm³/mol. The van der Waals surface area contributed by atoms with Gasteiger partial charge in [0.2, 0.25) is 15.9 Å². The van der Waals surface area contributed by atoms with Crippen molar-refractivity contribution in [3.8, 4) is 0 Å². The van der Waals surface area contributed by atoms with Crippen LogP contribution in [0.4, 0.5) is 15.8 Å². The van der Waals surface area contributed by atoms with Crippen LogP contribution in [0.25, 0.3) is 0 Å². The van der Waals surface area contributed by atoms with Crippen molar-refractivity contribution >= 4 is 27.3 Å². The fourth-order valence-corrected chi connectivity index (χ4v) is 4.14. The van der Waals surface area contributed by atoms with Gasteiger partial charge in [-0.2, -0.15) is 0 Å². The van der Waals surface area contributed by atoms with Gasteiger partial charge < -0.3 is 5.32 Å². The van der Waals surface area contributed by atoms with Crippen LogP contribution in [0, 0.1) is 12.7 Å². The smallest absolute Gasteiger partial charge is 0.248 e. The summed E-state index contributed by atoms with van der Waals surface area (Å²) in [7, 11) is -3.75. The number of nitrogens with zero attached hydrogens (tertiary/aromatic N) is 1. The van der Waals surface area contributed by atoms with Crippen molar-refractivity contribution in [2.24, 2.45) is 0 Å². The fourth-order valence-electron chi connectivity index (χ4n) is 2.97. The van der Waals surface area contributed by atoms with Gasteiger partial charge in [-0.3, -0.25) is 9.10 Å². The Morgan fingerprint density at radius 2 is 1.67 bits per heavy atom. The van der Waals surface area contributed by atoms with Gasteiger partial charge in [0.25, 0.3) is 0 Å². The number of aryl methyl sites for hydroxylation is 1. The lowest BCUT2D eigenvalue weighted by Crippen LogP contribution is -2.45. The molecule has 1 N–H and O–H groups in total. The van der Waals surface area contributed by atoms with E-state index in [9.17, 15) is 17.6 Å². The summed E-state index contributed by atoms with van der Waals surface area (Å²) in [4.78, 5) is 12.9. The van der Waals surface area contributed by atoms with Crippen LogP contribution in [0.1, 0.15) is 37.8 Å². The third-order valence-electron chi connectivity index (χ3n) is 4.34. The average Bonchev–Trinajstić information content (AvgIpc) is 2.57. The molecule has 1 atom stereocenters. The molecule has 0 aliphatic rings. The lowest BCUT2D eigenvalue weighted by molar-refractivity contribution is -0.116. The first kappa shape index (κ1) is 20.9. The summed E-state index contributed by atoms with van der Waals surface area (Å²) in [5.41, 5.74) is 2.80. The van der Waals surface area contributed by atoms with Gasteiger partial charge >= 0.3 is 0 Å². The minimum Gasteiger partial charge on any atom is -0.324 e. The Labute approximate surface area is 160 Å². The zero-order chi connectivity index (χ0) is 20.4. The van der Waals surface area contributed by atoms with E-state index in [2.05, 4.69) is 5.32 Å². The highest BCUT2D eigenvalue weighted by molar-refractivity contribution is 7.92. The fraction of sp³-hybridized carbons (Fsp3) is 0.350. The first-order valence-electron chi connectivity index (χ1n) is 8.67. The van der Waals surface area contributed by atoms with Gasteiger partial charge in [-0.25, -0.2) is 12.8 Å². The van der Waals surface area contributed by atoms with Crippen molar-refractivity contribution in [2.45, 2.75) is 39.7 Å². The molecule has 2 aromatic carbocycles. The number of sulfonamides is 1. The van der Waals surface area contributed by atoms with E-state index >= 15 is 0 Å². The summed E-state index contributed by atoms with van der Waals surface area (Å²) >= 11 is 0. The summed E-state index contributed by atoms with van der Waals surface area (Å²) in [6, 6.07) is 9.75. The maximum absolute atomic E-state index is 13.2. The molecule has 0 saturated carbocycles. The average molecular weight is 392 g/mol. The number of rotatable bonds is 6. The topological polar surface area (TPSA) is 66.5 Å². The van der Waals surface area contributed by atoms with E-state index in [1.807, 2.05) is 39.0 Å². The van der Waals surface area contributed by atoms with Crippen molar-refractivity contribution in [1.82, 2.24) is 0 Å². The molecular weight excluding hydrogens is 367 g/mol. The molecule has 5 nitrogen and oxygen atoms in total. The Kier molecular flexibility index (Phi) is 6.26. The van der Waals surface area contributed by atoms with Crippen LogP contribution in [0.5, 0.6) is 0 Å². The molecule has 0 saturated heterocycles.